The van der Waals surface area contributed by atoms with Gasteiger partial charge in [-0.05, 0) is 47.1 Å². The second kappa shape index (κ2) is 9.75. The number of rotatable bonds is 7. The zero-order valence-electron chi connectivity index (χ0n) is 18.1. The molecule has 0 spiro atoms. The summed E-state index contributed by atoms with van der Waals surface area (Å²) in [7, 11) is -3.14. The van der Waals surface area contributed by atoms with Crippen molar-refractivity contribution >= 4 is 15.7 Å². The molecule has 0 bridgehead atoms. The van der Waals surface area contributed by atoms with E-state index >= 15 is 0 Å². The Balaban J connectivity index is 1.65. The molecule has 30 heavy (non-hydrogen) atoms. The molecule has 1 aliphatic rings. The molecule has 2 aromatic rings. The van der Waals surface area contributed by atoms with Crippen LogP contribution in [0.25, 0.3) is 0 Å². The minimum Gasteiger partial charge on any atom is -0.348 e. The summed E-state index contributed by atoms with van der Waals surface area (Å²) in [4.78, 5) is 15.2. The molecule has 5 nitrogen and oxygen atoms in total. The van der Waals surface area contributed by atoms with Gasteiger partial charge in [-0.2, -0.15) is 0 Å². The fraction of sp³-hybridized carbons (Fsp3) is 0.458. The van der Waals surface area contributed by atoms with Gasteiger partial charge in [-0.15, -0.1) is 0 Å². The minimum atomic E-state index is -3.14. The first-order valence-corrected chi connectivity index (χ1v) is 12.6. The van der Waals surface area contributed by atoms with E-state index in [2.05, 4.69) is 36.2 Å². The maximum atomic E-state index is 12.7. The number of nitrogens with zero attached hydrogens (tertiary/aromatic N) is 1. The van der Waals surface area contributed by atoms with E-state index in [0.717, 1.165) is 25.2 Å². The molecule has 0 radical (unpaired) electrons. The van der Waals surface area contributed by atoms with Crippen molar-refractivity contribution in [3.63, 3.8) is 0 Å². The lowest BCUT2D eigenvalue weighted by Crippen LogP contribution is -2.38. The van der Waals surface area contributed by atoms with E-state index in [1.165, 1.54) is 18.2 Å². The maximum Gasteiger partial charge on any atom is 0.251 e. The Morgan fingerprint density at radius 3 is 2.37 bits per heavy atom. The van der Waals surface area contributed by atoms with Crippen molar-refractivity contribution in [3.05, 3.63) is 70.8 Å². The molecule has 6 heteroatoms. The smallest absolute Gasteiger partial charge is 0.251 e. The van der Waals surface area contributed by atoms with Crippen molar-refractivity contribution in [2.75, 3.05) is 19.3 Å². The molecule has 2 aromatic carbocycles. The van der Waals surface area contributed by atoms with Gasteiger partial charge in [0.2, 0.25) is 0 Å². The van der Waals surface area contributed by atoms with Crippen molar-refractivity contribution in [3.8, 4) is 0 Å². The number of piperidine rings is 1. The van der Waals surface area contributed by atoms with Gasteiger partial charge in [-0.25, -0.2) is 8.42 Å². The minimum absolute atomic E-state index is 0.0658. The van der Waals surface area contributed by atoms with Crippen molar-refractivity contribution in [1.82, 2.24) is 10.2 Å². The number of likely N-dealkylation sites (tertiary alicyclic amines) is 1. The number of carbonyl (C=O) groups excluding carboxylic acids is 1. The maximum absolute atomic E-state index is 12.7. The van der Waals surface area contributed by atoms with Crippen molar-refractivity contribution < 1.29 is 13.2 Å². The lowest BCUT2D eigenvalue weighted by atomic mass is 9.91. The molecule has 1 N–H and O–H groups in total. The number of benzene rings is 2. The standard InChI is InChI=1S/C24H32N2O3S/c1-18-11-19(2)15-26(14-18)16-23-9-5-4-8-22(23)13-25-24(27)21-10-6-7-20(12-21)17-30(3,28)29/h4-10,12,18-19H,11,13-17H2,1-3H3,(H,25,27)/t18-,19+. The second-order valence-corrected chi connectivity index (χ2v) is 11.0. The quantitative estimate of drug-likeness (QED) is 0.731. The summed E-state index contributed by atoms with van der Waals surface area (Å²) in [5, 5.41) is 2.99. The van der Waals surface area contributed by atoms with Crippen LogP contribution >= 0.6 is 0 Å². The Hall–Kier alpha value is -2.18. The van der Waals surface area contributed by atoms with Gasteiger partial charge >= 0.3 is 0 Å². The summed E-state index contributed by atoms with van der Waals surface area (Å²) in [6.45, 7) is 8.19. The zero-order valence-corrected chi connectivity index (χ0v) is 18.9. The number of carbonyl (C=O) groups is 1. The number of amides is 1. The van der Waals surface area contributed by atoms with Crippen molar-refractivity contribution in [2.45, 2.75) is 39.1 Å². The van der Waals surface area contributed by atoms with Gasteiger partial charge in [0.15, 0.2) is 9.84 Å². The molecule has 3 rings (SSSR count). The van der Waals surface area contributed by atoms with Crippen molar-refractivity contribution in [1.29, 1.82) is 0 Å². The number of sulfone groups is 1. The van der Waals surface area contributed by atoms with E-state index in [9.17, 15) is 13.2 Å². The molecule has 0 saturated carbocycles. The van der Waals surface area contributed by atoms with E-state index in [-0.39, 0.29) is 11.7 Å². The molecule has 0 aromatic heterocycles. The number of hydrogen-bond acceptors (Lipinski definition) is 4. The van der Waals surface area contributed by atoms with Crippen LogP contribution in [0.15, 0.2) is 48.5 Å². The van der Waals surface area contributed by atoms with Crippen LogP contribution < -0.4 is 5.32 Å². The van der Waals surface area contributed by atoms with Crippen LogP contribution in [0.4, 0.5) is 0 Å². The lowest BCUT2D eigenvalue weighted by Gasteiger charge is -2.35. The fourth-order valence-corrected chi connectivity index (χ4v) is 5.21. The van der Waals surface area contributed by atoms with Gasteiger partial charge in [0.1, 0.15) is 0 Å². The average molecular weight is 429 g/mol. The molecule has 2 atom stereocenters. The fourth-order valence-electron chi connectivity index (χ4n) is 4.43. The molecule has 0 aliphatic carbocycles. The first kappa shape index (κ1) is 22.5. The molecule has 162 valence electrons. The second-order valence-electron chi connectivity index (χ2n) is 8.86. The van der Waals surface area contributed by atoms with Crippen molar-refractivity contribution in [2.24, 2.45) is 11.8 Å². The Morgan fingerprint density at radius 2 is 1.70 bits per heavy atom. The van der Waals surface area contributed by atoms with E-state index in [4.69, 9.17) is 0 Å². The summed E-state index contributed by atoms with van der Waals surface area (Å²) >= 11 is 0. The van der Waals surface area contributed by atoms with Gasteiger partial charge in [0.25, 0.3) is 5.91 Å². The molecular weight excluding hydrogens is 396 g/mol. The normalized spacial score (nSPS) is 20.1. The Bertz CT molecular complexity index is 977. The number of hydrogen-bond donors (Lipinski definition) is 1. The zero-order chi connectivity index (χ0) is 21.7. The third-order valence-corrected chi connectivity index (χ3v) is 6.37. The van der Waals surface area contributed by atoms with Gasteiger partial charge in [0.05, 0.1) is 5.75 Å². The van der Waals surface area contributed by atoms with Gasteiger partial charge in [-0.3, -0.25) is 9.69 Å². The Kier molecular flexibility index (Phi) is 7.32. The van der Waals surface area contributed by atoms with Crippen LogP contribution in [-0.4, -0.2) is 38.6 Å². The summed E-state index contributed by atoms with van der Waals surface area (Å²) < 4.78 is 23.1. The SMILES string of the molecule is C[C@@H]1C[C@H](C)CN(Cc2ccccc2CNC(=O)c2cccc(CS(C)(=O)=O)c2)C1. The summed E-state index contributed by atoms with van der Waals surface area (Å²) in [5.41, 5.74) is 3.46. The first-order chi connectivity index (χ1) is 14.2. The predicted octanol–water partition coefficient (Wildman–Crippen LogP) is 3.64. The van der Waals surface area contributed by atoms with E-state index < -0.39 is 9.84 Å². The third-order valence-electron chi connectivity index (χ3n) is 5.51. The van der Waals surface area contributed by atoms with Gasteiger partial charge in [-0.1, -0.05) is 50.2 Å². The van der Waals surface area contributed by atoms with E-state index in [1.54, 1.807) is 24.3 Å². The highest BCUT2D eigenvalue weighted by molar-refractivity contribution is 7.89. The Labute approximate surface area is 180 Å². The molecule has 1 saturated heterocycles. The highest BCUT2D eigenvalue weighted by atomic mass is 32.2. The van der Waals surface area contributed by atoms with E-state index in [1.807, 2.05) is 12.1 Å². The monoisotopic (exact) mass is 428 g/mol. The van der Waals surface area contributed by atoms with Crippen LogP contribution in [0.3, 0.4) is 0 Å². The summed E-state index contributed by atoms with van der Waals surface area (Å²) in [6.07, 6.45) is 2.48. The highest BCUT2D eigenvalue weighted by Gasteiger charge is 2.22. The highest BCUT2D eigenvalue weighted by Crippen LogP contribution is 2.23. The topological polar surface area (TPSA) is 66.5 Å². The molecular formula is C24H32N2O3S. The number of nitrogens with one attached hydrogen (secondary N) is 1. The van der Waals surface area contributed by atoms with Gasteiger partial charge in [0, 0.05) is 38.0 Å². The van der Waals surface area contributed by atoms with E-state index in [0.29, 0.717) is 29.5 Å². The molecule has 1 fully saturated rings. The largest absolute Gasteiger partial charge is 0.348 e. The average Bonchev–Trinajstić information content (AvgIpc) is 2.65. The lowest BCUT2D eigenvalue weighted by molar-refractivity contribution is 0.0950. The summed E-state index contributed by atoms with van der Waals surface area (Å²) in [6, 6.07) is 15.1. The summed E-state index contributed by atoms with van der Waals surface area (Å²) in [5.74, 6) is 1.16. The molecule has 1 heterocycles. The molecule has 1 aliphatic heterocycles. The van der Waals surface area contributed by atoms with Crippen LogP contribution in [0.5, 0.6) is 0 Å². The first-order valence-electron chi connectivity index (χ1n) is 10.5. The predicted molar refractivity (Wildman–Crippen MR) is 121 cm³/mol. The molecule has 1 amide bonds. The van der Waals surface area contributed by atoms with Crippen LogP contribution in [0.2, 0.25) is 0 Å². The third kappa shape index (κ3) is 6.67. The van der Waals surface area contributed by atoms with Gasteiger partial charge < -0.3 is 5.32 Å². The van der Waals surface area contributed by atoms with Crippen LogP contribution in [-0.2, 0) is 28.7 Å². The Morgan fingerprint density at radius 1 is 1.03 bits per heavy atom. The van der Waals surface area contributed by atoms with Crippen LogP contribution in [0, 0.1) is 11.8 Å². The molecule has 0 unspecified atom stereocenters. The van der Waals surface area contributed by atoms with Crippen LogP contribution in [0.1, 0.15) is 47.3 Å².